The van der Waals surface area contributed by atoms with E-state index in [1.165, 1.54) is 0 Å². The van der Waals surface area contributed by atoms with Gasteiger partial charge in [-0.05, 0) is 56.3 Å². The van der Waals surface area contributed by atoms with Gasteiger partial charge in [0.05, 0.1) is 17.2 Å². The molecule has 0 spiro atoms. The Balaban J connectivity index is 1.49. The van der Waals surface area contributed by atoms with Crippen LogP contribution in [0.25, 0.3) is 16.6 Å². The van der Waals surface area contributed by atoms with E-state index in [4.69, 9.17) is 5.73 Å². The number of carbonyl (C=O) groups excluding carboxylic acids is 2. The highest BCUT2D eigenvalue weighted by atomic mass is 16.2. The lowest BCUT2D eigenvalue weighted by molar-refractivity contribution is -0.121. The van der Waals surface area contributed by atoms with E-state index in [2.05, 4.69) is 22.2 Å². The minimum Gasteiger partial charge on any atom is -0.366 e. The Kier molecular flexibility index (Phi) is 5.31. The third kappa shape index (κ3) is 4.00. The van der Waals surface area contributed by atoms with Gasteiger partial charge in [0.1, 0.15) is 5.52 Å². The third-order valence-corrected chi connectivity index (χ3v) is 5.52. The lowest BCUT2D eigenvalue weighted by Gasteiger charge is -2.30. The van der Waals surface area contributed by atoms with E-state index in [1.54, 1.807) is 16.8 Å². The Labute approximate surface area is 169 Å². The largest absolute Gasteiger partial charge is 0.366 e. The van der Waals surface area contributed by atoms with E-state index in [-0.39, 0.29) is 11.8 Å². The van der Waals surface area contributed by atoms with Crippen molar-refractivity contribution in [2.45, 2.75) is 19.8 Å². The van der Waals surface area contributed by atoms with Crippen LogP contribution in [0.15, 0.2) is 48.7 Å². The summed E-state index contributed by atoms with van der Waals surface area (Å²) in [6.45, 7) is 5.01. The van der Waals surface area contributed by atoms with E-state index in [9.17, 15) is 9.59 Å². The van der Waals surface area contributed by atoms with E-state index in [0.29, 0.717) is 11.1 Å². The Hall–Kier alpha value is -3.19. The Morgan fingerprint density at radius 1 is 1.21 bits per heavy atom. The zero-order chi connectivity index (χ0) is 20.4. The molecule has 0 aliphatic carbocycles. The number of primary amides is 1. The van der Waals surface area contributed by atoms with E-state index >= 15 is 0 Å². The van der Waals surface area contributed by atoms with Crippen LogP contribution in [-0.4, -0.2) is 46.1 Å². The SMILES string of the molecule is CCN1CCCC(C(=O)Nc2ccc(-n3cc4cccc(C(N)=O)c4n3)cc2)C1. The average Bonchev–Trinajstić information content (AvgIpc) is 3.18. The van der Waals surface area contributed by atoms with Crippen LogP contribution < -0.4 is 11.1 Å². The molecule has 0 radical (unpaired) electrons. The van der Waals surface area contributed by atoms with Crippen LogP contribution >= 0.6 is 0 Å². The molecule has 4 rings (SSSR count). The van der Waals surface area contributed by atoms with Crippen LogP contribution in [0.1, 0.15) is 30.1 Å². The molecule has 1 aromatic heterocycles. The molecule has 150 valence electrons. The summed E-state index contributed by atoms with van der Waals surface area (Å²) in [5.74, 6) is -0.387. The van der Waals surface area contributed by atoms with Crippen molar-refractivity contribution in [3.05, 3.63) is 54.2 Å². The molecule has 0 bridgehead atoms. The highest BCUT2D eigenvalue weighted by molar-refractivity contribution is 6.04. The van der Waals surface area contributed by atoms with Crippen LogP contribution in [0, 0.1) is 5.92 Å². The minimum atomic E-state index is -0.497. The lowest BCUT2D eigenvalue weighted by Crippen LogP contribution is -2.40. The number of aromatic nitrogens is 2. The number of hydrogen-bond donors (Lipinski definition) is 2. The van der Waals surface area contributed by atoms with Gasteiger partial charge in [-0.1, -0.05) is 19.1 Å². The quantitative estimate of drug-likeness (QED) is 0.699. The molecule has 1 aliphatic heterocycles. The maximum atomic E-state index is 12.6. The van der Waals surface area contributed by atoms with Crippen LogP contribution in [0.3, 0.4) is 0 Å². The van der Waals surface area contributed by atoms with Crippen LogP contribution in [0.4, 0.5) is 5.69 Å². The number of rotatable bonds is 5. The highest BCUT2D eigenvalue weighted by Crippen LogP contribution is 2.22. The summed E-state index contributed by atoms with van der Waals surface area (Å²) < 4.78 is 1.71. The van der Waals surface area contributed by atoms with Gasteiger partial charge in [0.25, 0.3) is 5.91 Å². The molecule has 1 fully saturated rings. The predicted octanol–water partition coefficient (Wildman–Crippen LogP) is 2.79. The van der Waals surface area contributed by atoms with Gasteiger partial charge in [-0.25, -0.2) is 4.68 Å². The van der Waals surface area contributed by atoms with Gasteiger partial charge in [-0.3, -0.25) is 9.59 Å². The zero-order valence-corrected chi connectivity index (χ0v) is 16.5. The first-order valence-corrected chi connectivity index (χ1v) is 9.97. The Morgan fingerprint density at radius 3 is 2.72 bits per heavy atom. The first kappa shape index (κ1) is 19.1. The second-order valence-electron chi connectivity index (χ2n) is 7.45. The van der Waals surface area contributed by atoms with Gasteiger partial charge in [-0.2, -0.15) is 5.10 Å². The Bertz CT molecular complexity index is 1040. The van der Waals surface area contributed by atoms with E-state index in [1.807, 2.05) is 36.5 Å². The lowest BCUT2D eigenvalue weighted by atomic mass is 9.97. The highest BCUT2D eigenvalue weighted by Gasteiger charge is 2.25. The number of amides is 2. The number of hydrogen-bond acceptors (Lipinski definition) is 4. The van der Waals surface area contributed by atoms with Crippen molar-refractivity contribution in [2.75, 3.05) is 25.0 Å². The third-order valence-electron chi connectivity index (χ3n) is 5.52. The second kappa shape index (κ2) is 8.05. The van der Waals surface area contributed by atoms with Gasteiger partial charge in [0.15, 0.2) is 0 Å². The van der Waals surface area contributed by atoms with Crippen molar-refractivity contribution in [1.82, 2.24) is 14.7 Å². The average molecular weight is 391 g/mol. The van der Waals surface area contributed by atoms with Gasteiger partial charge in [0, 0.05) is 23.8 Å². The maximum absolute atomic E-state index is 12.6. The first-order chi connectivity index (χ1) is 14.0. The summed E-state index contributed by atoms with van der Waals surface area (Å²) >= 11 is 0. The van der Waals surface area contributed by atoms with Gasteiger partial charge in [-0.15, -0.1) is 0 Å². The van der Waals surface area contributed by atoms with E-state index in [0.717, 1.165) is 49.2 Å². The van der Waals surface area contributed by atoms with Crippen LogP contribution in [0.2, 0.25) is 0 Å². The van der Waals surface area contributed by atoms with Crippen molar-refractivity contribution in [2.24, 2.45) is 11.7 Å². The smallest absolute Gasteiger partial charge is 0.250 e. The molecule has 7 nitrogen and oxygen atoms in total. The maximum Gasteiger partial charge on any atom is 0.250 e. The number of carbonyl (C=O) groups is 2. The molecule has 1 saturated heterocycles. The summed E-state index contributed by atoms with van der Waals surface area (Å²) in [5, 5.41) is 8.38. The molecule has 1 unspecified atom stereocenters. The molecule has 1 aliphatic rings. The number of nitrogens with one attached hydrogen (secondary N) is 1. The van der Waals surface area contributed by atoms with Gasteiger partial charge >= 0.3 is 0 Å². The van der Waals surface area contributed by atoms with Crippen LogP contribution in [-0.2, 0) is 4.79 Å². The summed E-state index contributed by atoms with van der Waals surface area (Å²) in [7, 11) is 0. The van der Waals surface area contributed by atoms with Gasteiger partial charge in [0.2, 0.25) is 5.91 Å². The normalized spacial score (nSPS) is 17.3. The molecule has 3 N–H and O–H groups in total. The van der Waals surface area contributed by atoms with Crippen molar-refractivity contribution >= 4 is 28.4 Å². The molecule has 2 amide bonds. The molecule has 0 saturated carbocycles. The molecule has 3 aromatic rings. The fraction of sp³-hybridized carbons (Fsp3) is 0.318. The first-order valence-electron chi connectivity index (χ1n) is 9.97. The summed E-state index contributed by atoms with van der Waals surface area (Å²) in [5.41, 5.74) is 8.03. The number of fused-ring (bicyclic) bond motifs is 1. The fourth-order valence-electron chi connectivity index (χ4n) is 3.88. The molecule has 29 heavy (non-hydrogen) atoms. The molecule has 2 heterocycles. The van der Waals surface area contributed by atoms with E-state index < -0.39 is 5.91 Å². The monoisotopic (exact) mass is 391 g/mol. The van der Waals surface area contributed by atoms with Crippen LogP contribution in [0.5, 0.6) is 0 Å². The van der Waals surface area contributed by atoms with Crippen molar-refractivity contribution < 1.29 is 9.59 Å². The van der Waals surface area contributed by atoms with Crippen molar-refractivity contribution in [1.29, 1.82) is 0 Å². The molecular formula is C22H25N5O2. The molecule has 7 heteroatoms. The predicted molar refractivity (Wildman–Crippen MR) is 113 cm³/mol. The van der Waals surface area contributed by atoms with Crippen molar-refractivity contribution in [3.63, 3.8) is 0 Å². The molecule has 2 aromatic carbocycles. The zero-order valence-electron chi connectivity index (χ0n) is 16.5. The Morgan fingerprint density at radius 2 is 2.00 bits per heavy atom. The molecule has 1 atom stereocenters. The second-order valence-corrected chi connectivity index (χ2v) is 7.45. The number of likely N-dealkylation sites (tertiary alicyclic amines) is 1. The van der Waals surface area contributed by atoms with Crippen molar-refractivity contribution in [3.8, 4) is 5.69 Å². The summed E-state index contributed by atoms with van der Waals surface area (Å²) in [6.07, 6.45) is 3.85. The van der Waals surface area contributed by atoms with Gasteiger partial charge < -0.3 is 16.0 Å². The summed E-state index contributed by atoms with van der Waals surface area (Å²) in [4.78, 5) is 26.5. The number of benzene rings is 2. The number of nitrogens with two attached hydrogens (primary N) is 1. The topological polar surface area (TPSA) is 93.3 Å². The number of nitrogens with zero attached hydrogens (tertiary/aromatic N) is 3. The fourth-order valence-corrected chi connectivity index (χ4v) is 3.88. The molecular weight excluding hydrogens is 366 g/mol. The standard InChI is InChI=1S/C22H25N5O2/c1-2-26-12-4-6-16(13-26)22(29)24-17-8-10-18(11-9-17)27-14-15-5-3-7-19(21(23)28)20(15)25-27/h3,5,7-11,14,16H,2,4,6,12-13H2,1H3,(H2,23,28)(H,24,29). The number of piperidine rings is 1. The minimum absolute atomic E-state index is 0.0343. The summed E-state index contributed by atoms with van der Waals surface area (Å²) in [6, 6.07) is 12.9. The number of anilines is 1.